The first kappa shape index (κ1) is 17.2. The normalized spacial score (nSPS) is 19.1. The number of benzene rings is 1. The van der Waals surface area contributed by atoms with Gasteiger partial charge in [-0.25, -0.2) is 9.97 Å². The highest BCUT2D eigenvalue weighted by atomic mass is 16.2. The summed E-state index contributed by atoms with van der Waals surface area (Å²) >= 11 is 0. The zero-order valence-electron chi connectivity index (χ0n) is 15.6. The molecule has 2 aliphatic rings. The number of aryl methyl sites for hydroxylation is 2. The monoisotopic (exact) mass is 350 g/mol. The van der Waals surface area contributed by atoms with Gasteiger partial charge in [0.1, 0.15) is 5.82 Å². The van der Waals surface area contributed by atoms with Crippen molar-refractivity contribution in [2.24, 2.45) is 0 Å². The summed E-state index contributed by atoms with van der Waals surface area (Å²) in [6.45, 7) is 3.48. The van der Waals surface area contributed by atoms with E-state index in [1.54, 1.807) is 0 Å². The highest BCUT2D eigenvalue weighted by Crippen LogP contribution is 2.23. The summed E-state index contributed by atoms with van der Waals surface area (Å²) in [7, 11) is 2.02. The largest absolute Gasteiger partial charge is 0.354 e. The Morgan fingerprint density at radius 3 is 2.88 bits per heavy atom. The number of fused-ring (bicyclic) bond motifs is 2. The van der Waals surface area contributed by atoms with Gasteiger partial charge in [0.15, 0.2) is 0 Å². The molecule has 136 valence electrons. The van der Waals surface area contributed by atoms with Gasteiger partial charge in [0.05, 0.1) is 6.04 Å². The number of carbonyl (C=O) groups is 1. The van der Waals surface area contributed by atoms with Gasteiger partial charge < -0.3 is 5.32 Å². The molecule has 1 aliphatic carbocycles. The van der Waals surface area contributed by atoms with Gasteiger partial charge in [-0.2, -0.15) is 0 Å². The summed E-state index contributed by atoms with van der Waals surface area (Å²) in [6, 6.07) is 8.28. The molecule has 1 aliphatic heterocycles. The molecule has 5 nitrogen and oxygen atoms in total. The molecule has 2 heterocycles. The van der Waals surface area contributed by atoms with Crippen LogP contribution in [-0.2, 0) is 37.0 Å². The minimum atomic E-state index is -0.104. The predicted octanol–water partition coefficient (Wildman–Crippen LogP) is 1.99. The highest BCUT2D eigenvalue weighted by Gasteiger charge is 2.28. The number of aromatic nitrogens is 2. The van der Waals surface area contributed by atoms with Gasteiger partial charge >= 0.3 is 0 Å². The predicted molar refractivity (Wildman–Crippen MR) is 101 cm³/mol. The van der Waals surface area contributed by atoms with Gasteiger partial charge in [-0.15, -0.1) is 0 Å². The Morgan fingerprint density at radius 2 is 2.04 bits per heavy atom. The van der Waals surface area contributed by atoms with Crippen molar-refractivity contribution in [1.29, 1.82) is 0 Å². The van der Waals surface area contributed by atoms with Crippen LogP contribution in [0.3, 0.4) is 0 Å². The fourth-order valence-corrected chi connectivity index (χ4v) is 4.16. The van der Waals surface area contributed by atoms with E-state index in [2.05, 4.69) is 40.3 Å². The third-order valence-corrected chi connectivity index (χ3v) is 5.62. The van der Waals surface area contributed by atoms with Crippen LogP contribution < -0.4 is 5.32 Å². The molecular weight excluding hydrogens is 324 g/mol. The van der Waals surface area contributed by atoms with E-state index in [1.807, 2.05) is 13.1 Å². The molecule has 0 fully saturated rings. The molecule has 1 aromatic carbocycles. The van der Waals surface area contributed by atoms with Gasteiger partial charge in [0.2, 0.25) is 5.91 Å². The van der Waals surface area contributed by atoms with Crippen LogP contribution in [0.15, 0.2) is 24.3 Å². The van der Waals surface area contributed by atoms with Gasteiger partial charge in [0, 0.05) is 30.9 Å². The minimum Gasteiger partial charge on any atom is -0.354 e. The maximum atomic E-state index is 12.7. The summed E-state index contributed by atoms with van der Waals surface area (Å²) in [5.74, 6) is 0.950. The summed E-state index contributed by atoms with van der Waals surface area (Å²) in [4.78, 5) is 24.1. The Kier molecular flexibility index (Phi) is 4.72. The van der Waals surface area contributed by atoms with E-state index < -0.39 is 0 Å². The molecule has 1 N–H and O–H groups in total. The molecule has 0 bridgehead atoms. The molecule has 5 heteroatoms. The van der Waals surface area contributed by atoms with Crippen LogP contribution in [0.1, 0.15) is 40.3 Å². The van der Waals surface area contributed by atoms with E-state index in [1.165, 1.54) is 28.8 Å². The van der Waals surface area contributed by atoms with E-state index in [9.17, 15) is 4.79 Å². The maximum absolute atomic E-state index is 12.7. The SMILES string of the molecule is Cc1nc(CCNC(=O)[C@H]2Cc3ccccc3CN2C)nc2c1CCC2. The van der Waals surface area contributed by atoms with Crippen molar-refractivity contribution in [2.45, 2.75) is 51.6 Å². The first-order valence-corrected chi connectivity index (χ1v) is 9.52. The van der Waals surface area contributed by atoms with E-state index in [0.29, 0.717) is 13.0 Å². The van der Waals surface area contributed by atoms with Crippen LogP contribution in [0, 0.1) is 6.92 Å². The number of likely N-dealkylation sites (N-methyl/N-ethyl adjacent to an activating group) is 1. The van der Waals surface area contributed by atoms with Crippen molar-refractivity contribution >= 4 is 5.91 Å². The zero-order chi connectivity index (χ0) is 18.1. The van der Waals surface area contributed by atoms with Crippen LogP contribution >= 0.6 is 0 Å². The van der Waals surface area contributed by atoms with Gasteiger partial charge in [-0.1, -0.05) is 24.3 Å². The summed E-state index contributed by atoms with van der Waals surface area (Å²) in [6.07, 6.45) is 4.80. The minimum absolute atomic E-state index is 0.0971. The molecule has 1 atom stereocenters. The smallest absolute Gasteiger partial charge is 0.237 e. The topological polar surface area (TPSA) is 58.1 Å². The molecule has 1 amide bonds. The van der Waals surface area contributed by atoms with Crippen LogP contribution in [-0.4, -0.2) is 40.4 Å². The zero-order valence-corrected chi connectivity index (χ0v) is 15.6. The number of carbonyl (C=O) groups excluding carboxylic acids is 1. The number of hydrogen-bond donors (Lipinski definition) is 1. The van der Waals surface area contributed by atoms with Crippen LogP contribution in [0.4, 0.5) is 0 Å². The Morgan fingerprint density at radius 1 is 1.23 bits per heavy atom. The number of amides is 1. The quantitative estimate of drug-likeness (QED) is 0.916. The van der Waals surface area contributed by atoms with Gasteiger partial charge in [0.25, 0.3) is 0 Å². The number of rotatable bonds is 4. The van der Waals surface area contributed by atoms with Crippen LogP contribution in [0.25, 0.3) is 0 Å². The fourth-order valence-electron chi connectivity index (χ4n) is 4.16. The molecule has 2 aromatic rings. The van der Waals surface area contributed by atoms with Crippen molar-refractivity contribution in [3.63, 3.8) is 0 Å². The van der Waals surface area contributed by atoms with Crippen molar-refractivity contribution < 1.29 is 4.79 Å². The number of nitrogens with zero attached hydrogens (tertiary/aromatic N) is 3. The first-order chi connectivity index (χ1) is 12.6. The second-order valence-corrected chi connectivity index (χ2v) is 7.45. The lowest BCUT2D eigenvalue weighted by Crippen LogP contribution is -2.48. The summed E-state index contributed by atoms with van der Waals surface area (Å²) < 4.78 is 0. The van der Waals surface area contributed by atoms with E-state index in [0.717, 1.165) is 37.3 Å². The average Bonchev–Trinajstić information content (AvgIpc) is 3.10. The van der Waals surface area contributed by atoms with E-state index in [-0.39, 0.29) is 11.9 Å². The van der Waals surface area contributed by atoms with Crippen molar-refractivity contribution in [1.82, 2.24) is 20.2 Å². The first-order valence-electron chi connectivity index (χ1n) is 9.52. The standard InChI is InChI=1S/C21H26N4O/c1-14-17-8-5-9-18(17)24-20(23-14)10-11-22-21(26)19-12-15-6-3-4-7-16(15)13-25(19)2/h3-4,6-7,19H,5,8-13H2,1-2H3,(H,22,26)/t19-/m1/s1. The Balaban J connectivity index is 1.35. The molecule has 0 radical (unpaired) electrons. The van der Waals surface area contributed by atoms with Gasteiger partial charge in [-0.3, -0.25) is 9.69 Å². The highest BCUT2D eigenvalue weighted by molar-refractivity contribution is 5.82. The molecule has 0 unspecified atom stereocenters. The van der Waals surface area contributed by atoms with E-state index >= 15 is 0 Å². The molecule has 0 saturated heterocycles. The van der Waals surface area contributed by atoms with Gasteiger partial charge in [-0.05, 0) is 56.3 Å². The van der Waals surface area contributed by atoms with Crippen molar-refractivity contribution in [3.8, 4) is 0 Å². The molecule has 1 aromatic heterocycles. The summed E-state index contributed by atoms with van der Waals surface area (Å²) in [5, 5.41) is 3.09. The van der Waals surface area contributed by atoms with Crippen LogP contribution in [0.5, 0.6) is 0 Å². The third-order valence-electron chi connectivity index (χ3n) is 5.62. The second kappa shape index (κ2) is 7.16. The Bertz CT molecular complexity index is 833. The molecule has 26 heavy (non-hydrogen) atoms. The summed E-state index contributed by atoms with van der Waals surface area (Å²) in [5.41, 5.74) is 6.25. The maximum Gasteiger partial charge on any atom is 0.237 e. The average molecular weight is 350 g/mol. The van der Waals surface area contributed by atoms with Crippen LogP contribution in [0.2, 0.25) is 0 Å². The molecule has 0 spiro atoms. The Labute approximate surface area is 154 Å². The van der Waals surface area contributed by atoms with Crippen molar-refractivity contribution in [3.05, 3.63) is 58.2 Å². The molecule has 4 rings (SSSR count). The lowest BCUT2D eigenvalue weighted by Gasteiger charge is -2.33. The van der Waals surface area contributed by atoms with E-state index in [4.69, 9.17) is 4.98 Å². The fraction of sp³-hybridized carbons (Fsp3) is 0.476. The molecule has 0 saturated carbocycles. The lowest BCUT2D eigenvalue weighted by molar-refractivity contribution is -0.126. The lowest BCUT2D eigenvalue weighted by atomic mass is 9.94. The molecular formula is C21H26N4O. The number of hydrogen-bond acceptors (Lipinski definition) is 4. The van der Waals surface area contributed by atoms with Crippen molar-refractivity contribution in [2.75, 3.05) is 13.6 Å². The number of nitrogens with one attached hydrogen (secondary N) is 1. The third kappa shape index (κ3) is 3.36. The second-order valence-electron chi connectivity index (χ2n) is 7.45. The Hall–Kier alpha value is -2.27.